The molecule has 162 valence electrons. The lowest BCUT2D eigenvalue weighted by molar-refractivity contribution is 0.103. The maximum Gasteiger partial charge on any atom is 0.257 e. The number of thioether (sulfide) groups is 2. The van der Waals surface area contributed by atoms with Gasteiger partial charge in [-0.3, -0.25) is 14.2 Å². The first-order valence-electron chi connectivity index (χ1n) is 10.1. The monoisotopic (exact) mass is 452 g/mol. The Hall–Kier alpha value is -2.31. The quantitative estimate of drug-likeness (QED) is 0.276. The molecule has 4 nitrogen and oxygen atoms in total. The molecule has 0 unspecified atom stereocenters. The van der Waals surface area contributed by atoms with E-state index in [1.807, 2.05) is 61.7 Å². The summed E-state index contributed by atoms with van der Waals surface area (Å²) in [4.78, 5) is 30.9. The molecule has 0 aliphatic rings. The van der Waals surface area contributed by atoms with E-state index in [1.54, 1.807) is 23.4 Å². The molecule has 0 fully saturated rings. The molecule has 0 saturated carbocycles. The third kappa shape index (κ3) is 5.31. The molecule has 0 saturated heterocycles. The van der Waals surface area contributed by atoms with Gasteiger partial charge in [-0.05, 0) is 48.4 Å². The van der Waals surface area contributed by atoms with E-state index in [2.05, 4.69) is 25.8 Å². The van der Waals surface area contributed by atoms with Crippen molar-refractivity contribution < 1.29 is 4.79 Å². The number of hydrogen-bond acceptors (Lipinski definition) is 5. The summed E-state index contributed by atoms with van der Waals surface area (Å²) in [5.41, 5.74) is 4.11. The molecule has 2 aromatic carbocycles. The van der Waals surface area contributed by atoms with E-state index < -0.39 is 0 Å². The van der Waals surface area contributed by atoms with Gasteiger partial charge in [-0.2, -0.15) is 0 Å². The van der Waals surface area contributed by atoms with Crippen molar-refractivity contribution in [2.24, 2.45) is 7.05 Å². The minimum atomic E-state index is -0.00614. The summed E-state index contributed by atoms with van der Waals surface area (Å²) in [6.45, 7) is 8.30. The molecule has 3 aromatic rings. The van der Waals surface area contributed by atoms with Crippen LogP contribution in [0.3, 0.4) is 0 Å². The Morgan fingerprint density at radius 2 is 1.55 bits per heavy atom. The third-order valence-electron chi connectivity index (χ3n) is 5.26. The predicted octanol–water partition coefficient (Wildman–Crippen LogP) is 5.63. The van der Waals surface area contributed by atoms with E-state index in [0.29, 0.717) is 27.6 Å². The summed E-state index contributed by atoms with van der Waals surface area (Å²) in [6.07, 6.45) is 1.92. The molecule has 31 heavy (non-hydrogen) atoms. The largest absolute Gasteiger partial charge is 0.291 e. The van der Waals surface area contributed by atoms with Gasteiger partial charge >= 0.3 is 0 Å². The molecule has 0 bridgehead atoms. The Balaban J connectivity index is 1.72. The first kappa shape index (κ1) is 23.4. The van der Waals surface area contributed by atoms with E-state index >= 15 is 0 Å². The first-order chi connectivity index (χ1) is 14.6. The van der Waals surface area contributed by atoms with Crippen LogP contribution in [0.4, 0.5) is 0 Å². The standard InChI is InChI=1S/C25H28N2O2S2/c1-16-21(26-24(30-6)27(5)23(16)29)15-31-20-13-9-18(10-14-20)22(28)17-7-11-19(12-8-17)25(2,3)4/h7-14H,15H2,1-6H3. The number of nitrogens with zero attached hydrogens (tertiary/aromatic N) is 2. The van der Waals surface area contributed by atoms with Gasteiger partial charge in [0.2, 0.25) is 0 Å². The van der Waals surface area contributed by atoms with Crippen LogP contribution in [0.2, 0.25) is 0 Å². The molecule has 0 aliphatic heterocycles. The molecule has 1 aromatic heterocycles. The van der Waals surface area contributed by atoms with Crippen LogP contribution in [0.5, 0.6) is 0 Å². The lowest BCUT2D eigenvalue weighted by Crippen LogP contribution is -2.24. The molecule has 1 heterocycles. The van der Waals surface area contributed by atoms with Crippen LogP contribution in [-0.4, -0.2) is 21.6 Å². The Morgan fingerprint density at radius 1 is 1.00 bits per heavy atom. The van der Waals surface area contributed by atoms with Crippen molar-refractivity contribution in [1.82, 2.24) is 9.55 Å². The lowest BCUT2D eigenvalue weighted by atomic mass is 9.86. The highest BCUT2D eigenvalue weighted by atomic mass is 32.2. The van der Waals surface area contributed by atoms with Crippen LogP contribution in [0.25, 0.3) is 0 Å². The molecule has 6 heteroatoms. The van der Waals surface area contributed by atoms with Crippen LogP contribution in [0, 0.1) is 6.92 Å². The number of hydrogen-bond donors (Lipinski definition) is 0. The van der Waals surface area contributed by atoms with Gasteiger partial charge in [-0.15, -0.1) is 11.8 Å². The van der Waals surface area contributed by atoms with Crippen LogP contribution in [-0.2, 0) is 18.2 Å². The summed E-state index contributed by atoms with van der Waals surface area (Å²) < 4.78 is 1.59. The van der Waals surface area contributed by atoms with Crippen molar-refractivity contribution in [3.63, 3.8) is 0 Å². The molecule has 0 radical (unpaired) electrons. The second-order valence-corrected chi connectivity index (χ2v) is 10.3. The second-order valence-electron chi connectivity index (χ2n) is 8.50. The van der Waals surface area contributed by atoms with Crippen LogP contribution in [0.15, 0.2) is 63.4 Å². The smallest absolute Gasteiger partial charge is 0.257 e. The van der Waals surface area contributed by atoms with Crippen molar-refractivity contribution >= 4 is 29.3 Å². The minimum Gasteiger partial charge on any atom is -0.291 e. The Morgan fingerprint density at radius 3 is 2.06 bits per heavy atom. The summed E-state index contributed by atoms with van der Waals surface area (Å²) in [7, 11) is 1.75. The highest BCUT2D eigenvalue weighted by molar-refractivity contribution is 7.98. The fraction of sp³-hybridized carbons (Fsp3) is 0.320. The molecule has 3 rings (SSSR count). The molecule has 0 amide bonds. The maximum absolute atomic E-state index is 12.8. The summed E-state index contributed by atoms with van der Waals surface area (Å²) in [5.74, 6) is 0.627. The van der Waals surface area contributed by atoms with Crippen LogP contribution in [0.1, 0.15) is 53.5 Å². The number of ketones is 1. The average Bonchev–Trinajstić information content (AvgIpc) is 2.76. The summed E-state index contributed by atoms with van der Waals surface area (Å²) in [5, 5.41) is 0.713. The first-order valence-corrected chi connectivity index (χ1v) is 12.3. The number of benzene rings is 2. The average molecular weight is 453 g/mol. The van der Waals surface area contributed by atoms with E-state index in [4.69, 9.17) is 0 Å². The predicted molar refractivity (Wildman–Crippen MR) is 131 cm³/mol. The van der Waals surface area contributed by atoms with Crippen LogP contribution >= 0.6 is 23.5 Å². The molecule has 0 N–H and O–H groups in total. The van der Waals surface area contributed by atoms with Gasteiger partial charge in [0.05, 0.1) is 5.69 Å². The van der Waals surface area contributed by atoms with Crippen molar-refractivity contribution in [2.45, 2.75) is 48.9 Å². The van der Waals surface area contributed by atoms with E-state index in [1.165, 1.54) is 17.3 Å². The van der Waals surface area contributed by atoms with Gasteiger partial charge < -0.3 is 0 Å². The van der Waals surface area contributed by atoms with Gasteiger partial charge in [0, 0.05) is 34.4 Å². The second kappa shape index (κ2) is 9.45. The number of rotatable bonds is 6. The van der Waals surface area contributed by atoms with Gasteiger partial charge in [0.1, 0.15) is 0 Å². The highest BCUT2D eigenvalue weighted by Gasteiger charge is 2.15. The summed E-state index contributed by atoms with van der Waals surface area (Å²) in [6, 6.07) is 15.5. The normalized spacial score (nSPS) is 11.5. The van der Waals surface area contributed by atoms with E-state index in [0.717, 1.165) is 10.6 Å². The molecular weight excluding hydrogens is 424 g/mol. The van der Waals surface area contributed by atoms with Crippen molar-refractivity contribution in [3.05, 3.63) is 86.8 Å². The summed E-state index contributed by atoms with van der Waals surface area (Å²) >= 11 is 3.08. The van der Waals surface area contributed by atoms with Gasteiger partial charge in [0.25, 0.3) is 5.56 Å². The zero-order valence-electron chi connectivity index (χ0n) is 18.9. The van der Waals surface area contributed by atoms with Gasteiger partial charge in [0.15, 0.2) is 10.9 Å². The number of carbonyl (C=O) groups is 1. The zero-order valence-corrected chi connectivity index (χ0v) is 20.5. The van der Waals surface area contributed by atoms with Crippen LogP contribution < -0.4 is 5.56 Å². The Kier molecular flexibility index (Phi) is 7.12. The van der Waals surface area contributed by atoms with Crippen molar-refractivity contribution in [2.75, 3.05) is 6.26 Å². The molecule has 0 atom stereocenters. The van der Waals surface area contributed by atoms with E-state index in [9.17, 15) is 9.59 Å². The topological polar surface area (TPSA) is 52.0 Å². The third-order valence-corrected chi connectivity index (χ3v) is 7.02. The SMILES string of the molecule is CSc1nc(CSc2ccc(C(=O)c3ccc(C(C)(C)C)cc3)cc2)c(C)c(=O)n1C. The minimum absolute atomic E-state index is 0.00614. The molecule has 0 aliphatic carbocycles. The van der Waals surface area contributed by atoms with Gasteiger partial charge in [-0.25, -0.2) is 4.98 Å². The fourth-order valence-corrected chi connectivity index (χ4v) is 4.67. The number of carbonyl (C=O) groups excluding carboxylic acids is 1. The highest BCUT2D eigenvalue weighted by Crippen LogP contribution is 2.26. The Labute approximate surface area is 192 Å². The maximum atomic E-state index is 12.8. The van der Waals surface area contributed by atoms with Crippen molar-refractivity contribution in [3.8, 4) is 0 Å². The van der Waals surface area contributed by atoms with Gasteiger partial charge in [-0.1, -0.05) is 56.8 Å². The zero-order chi connectivity index (χ0) is 22.8. The lowest BCUT2D eigenvalue weighted by Gasteiger charge is -2.19. The van der Waals surface area contributed by atoms with Crippen molar-refractivity contribution in [1.29, 1.82) is 0 Å². The molecular formula is C25H28N2O2S2. The van der Waals surface area contributed by atoms with E-state index in [-0.39, 0.29) is 16.8 Å². The molecule has 0 spiro atoms. The number of aromatic nitrogens is 2. The Bertz CT molecular complexity index is 1140. The fourth-order valence-electron chi connectivity index (χ4n) is 3.20.